The van der Waals surface area contributed by atoms with Gasteiger partial charge in [-0.2, -0.15) is 0 Å². The maximum Gasteiger partial charge on any atom is 0.162 e. The van der Waals surface area contributed by atoms with Gasteiger partial charge >= 0.3 is 0 Å². The molecule has 16 heavy (non-hydrogen) atoms. The molecular formula is C12H15BrF2O. The highest BCUT2D eigenvalue weighted by atomic mass is 79.9. The van der Waals surface area contributed by atoms with Crippen molar-refractivity contribution in [1.29, 1.82) is 0 Å². The van der Waals surface area contributed by atoms with E-state index in [9.17, 15) is 8.78 Å². The maximum atomic E-state index is 12.9. The van der Waals surface area contributed by atoms with Gasteiger partial charge in [0, 0.05) is 17.3 Å². The lowest BCUT2D eigenvalue weighted by atomic mass is 10.1. The Morgan fingerprint density at radius 1 is 1.31 bits per heavy atom. The summed E-state index contributed by atoms with van der Waals surface area (Å²) in [4.78, 5) is 0. The molecule has 1 nitrogen and oxygen atoms in total. The van der Waals surface area contributed by atoms with Crippen molar-refractivity contribution >= 4 is 15.9 Å². The van der Waals surface area contributed by atoms with Crippen molar-refractivity contribution in [2.24, 2.45) is 5.92 Å². The molecule has 1 aromatic carbocycles. The van der Waals surface area contributed by atoms with Crippen LogP contribution in [0.15, 0.2) is 18.2 Å². The molecule has 0 aromatic heterocycles. The summed E-state index contributed by atoms with van der Waals surface area (Å²) in [5.41, 5.74) is 0. The minimum absolute atomic E-state index is 0.376. The summed E-state index contributed by atoms with van der Waals surface area (Å²) >= 11 is 3.40. The maximum absolute atomic E-state index is 12.9. The molecule has 4 heteroatoms. The van der Waals surface area contributed by atoms with Gasteiger partial charge in [0.15, 0.2) is 11.6 Å². The van der Waals surface area contributed by atoms with E-state index >= 15 is 0 Å². The van der Waals surface area contributed by atoms with Crippen LogP contribution in [-0.2, 0) is 0 Å². The molecule has 1 rings (SSSR count). The van der Waals surface area contributed by atoms with Gasteiger partial charge in [-0.05, 0) is 18.6 Å². The number of hydrogen-bond donors (Lipinski definition) is 0. The van der Waals surface area contributed by atoms with Crippen molar-refractivity contribution in [2.75, 3.05) is 11.9 Å². The molecule has 0 N–H and O–H groups in total. The zero-order valence-corrected chi connectivity index (χ0v) is 10.8. The molecule has 0 heterocycles. The lowest BCUT2D eigenvalue weighted by Gasteiger charge is -2.14. The molecule has 1 unspecified atom stereocenters. The molecule has 0 bridgehead atoms. The molecule has 0 saturated heterocycles. The van der Waals surface area contributed by atoms with Crippen LogP contribution in [0.1, 0.15) is 19.8 Å². The third-order valence-electron chi connectivity index (χ3n) is 2.29. The summed E-state index contributed by atoms with van der Waals surface area (Å²) in [6.45, 7) is 2.62. The van der Waals surface area contributed by atoms with Crippen molar-refractivity contribution in [2.45, 2.75) is 19.8 Å². The van der Waals surface area contributed by atoms with Crippen LogP contribution < -0.4 is 4.74 Å². The smallest absolute Gasteiger partial charge is 0.162 e. The first-order valence-electron chi connectivity index (χ1n) is 5.31. The van der Waals surface area contributed by atoms with Gasteiger partial charge in [0.2, 0.25) is 0 Å². The lowest BCUT2D eigenvalue weighted by Crippen LogP contribution is -2.13. The van der Waals surface area contributed by atoms with E-state index in [-0.39, 0.29) is 0 Å². The molecule has 0 radical (unpaired) electrons. The van der Waals surface area contributed by atoms with E-state index in [0.29, 0.717) is 18.3 Å². The van der Waals surface area contributed by atoms with Crippen molar-refractivity contribution in [3.63, 3.8) is 0 Å². The first kappa shape index (κ1) is 13.4. The SMILES string of the molecule is CCCC(CBr)COc1ccc(F)c(F)c1. The lowest BCUT2D eigenvalue weighted by molar-refractivity contribution is 0.253. The van der Waals surface area contributed by atoms with E-state index in [1.54, 1.807) is 0 Å². The Morgan fingerprint density at radius 3 is 2.62 bits per heavy atom. The third kappa shape index (κ3) is 4.08. The highest BCUT2D eigenvalue weighted by Crippen LogP contribution is 2.18. The second-order valence-electron chi connectivity index (χ2n) is 3.70. The van der Waals surface area contributed by atoms with Crippen LogP contribution in [0.3, 0.4) is 0 Å². The van der Waals surface area contributed by atoms with E-state index in [1.165, 1.54) is 6.07 Å². The first-order chi connectivity index (χ1) is 7.67. The fourth-order valence-electron chi connectivity index (χ4n) is 1.39. The number of rotatable bonds is 6. The predicted octanol–water partition coefficient (Wildman–Crippen LogP) is 4.15. The average Bonchev–Trinajstić information content (AvgIpc) is 2.28. The molecule has 0 spiro atoms. The molecule has 0 saturated carbocycles. The summed E-state index contributed by atoms with van der Waals surface area (Å²) in [6, 6.07) is 3.59. The zero-order chi connectivity index (χ0) is 12.0. The Hall–Kier alpha value is -0.640. The van der Waals surface area contributed by atoms with Crippen LogP contribution in [0.4, 0.5) is 8.78 Å². The van der Waals surface area contributed by atoms with E-state index < -0.39 is 11.6 Å². The van der Waals surface area contributed by atoms with Gasteiger partial charge in [0.1, 0.15) is 5.75 Å². The summed E-state index contributed by atoms with van der Waals surface area (Å²) in [5.74, 6) is -0.944. The molecule has 0 aliphatic carbocycles. The molecule has 0 amide bonds. The fourth-order valence-corrected chi connectivity index (χ4v) is 1.90. The number of ether oxygens (including phenoxy) is 1. The first-order valence-corrected chi connectivity index (χ1v) is 6.43. The summed E-state index contributed by atoms with van der Waals surface area (Å²) < 4.78 is 30.9. The zero-order valence-electron chi connectivity index (χ0n) is 9.18. The van der Waals surface area contributed by atoms with E-state index in [1.807, 2.05) is 0 Å². The highest BCUT2D eigenvalue weighted by molar-refractivity contribution is 9.09. The Kier molecular flexibility index (Phi) is 5.74. The Morgan fingerprint density at radius 2 is 2.06 bits per heavy atom. The van der Waals surface area contributed by atoms with Gasteiger partial charge in [-0.3, -0.25) is 0 Å². The van der Waals surface area contributed by atoms with Crippen LogP contribution in [0, 0.1) is 17.6 Å². The topological polar surface area (TPSA) is 9.23 Å². The van der Waals surface area contributed by atoms with Crippen LogP contribution in [0.25, 0.3) is 0 Å². The number of halogens is 3. The second kappa shape index (κ2) is 6.84. The Labute approximate surface area is 103 Å². The summed E-state index contributed by atoms with van der Waals surface area (Å²) in [5, 5.41) is 0.852. The highest BCUT2D eigenvalue weighted by Gasteiger charge is 2.08. The van der Waals surface area contributed by atoms with E-state index in [2.05, 4.69) is 22.9 Å². The largest absolute Gasteiger partial charge is 0.493 e. The van der Waals surface area contributed by atoms with Gasteiger partial charge in [0.05, 0.1) is 6.61 Å². The monoisotopic (exact) mass is 292 g/mol. The molecule has 1 aromatic rings. The van der Waals surface area contributed by atoms with Crippen LogP contribution >= 0.6 is 15.9 Å². The third-order valence-corrected chi connectivity index (χ3v) is 3.21. The summed E-state index contributed by atoms with van der Waals surface area (Å²) in [7, 11) is 0. The average molecular weight is 293 g/mol. The van der Waals surface area contributed by atoms with E-state index in [4.69, 9.17) is 4.74 Å². The van der Waals surface area contributed by atoms with Gasteiger partial charge < -0.3 is 4.74 Å². The Balaban J connectivity index is 2.50. The Bertz CT molecular complexity index is 331. The van der Waals surface area contributed by atoms with Crippen molar-refractivity contribution < 1.29 is 13.5 Å². The molecular weight excluding hydrogens is 278 g/mol. The fraction of sp³-hybridized carbons (Fsp3) is 0.500. The molecule has 1 atom stereocenters. The van der Waals surface area contributed by atoms with Crippen LogP contribution in [0.2, 0.25) is 0 Å². The van der Waals surface area contributed by atoms with Gasteiger partial charge in [-0.25, -0.2) is 8.78 Å². The van der Waals surface area contributed by atoms with Crippen LogP contribution in [-0.4, -0.2) is 11.9 Å². The number of alkyl halides is 1. The molecule has 0 aliphatic heterocycles. The van der Waals surface area contributed by atoms with Crippen molar-refractivity contribution in [3.05, 3.63) is 29.8 Å². The van der Waals surface area contributed by atoms with Gasteiger partial charge in [-0.1, -0.05) is 29.3 Å². The summed E-state index contributed by atoms with van der Waals surface area (Å²) in [6.07, 6.45) is 2.13. The normalized spacial score (nSPS) is 12.5. The number of benzene rings is 1. The van der Waals surface area contributed by atoms with Gasteiger partial charge in [0.25, 0.3) is 0 Å². The van der Waals surface area contributed by atoms with Crippen LogP contribution in [0.5, 0.6) is 5.75 Å². The quantitative estimate of drug-likeness (QED) is 0.716. The second-order valence-corrected chi connectivity index (χ2v) is 4.34. The molecule has 90 valence electrons. The van der Waals surface area contributed by atoms with Gasteiger partial charge in [-0.15, -0.1) is 0 Å². The molecule has 0 fully saturated rings. The molecule has 0 aliphatic rings. The predicted molar refractivity (Wildman–Crippen MR) is 64.0 cm³/mol. The van der Waals surface area contributed by atoms with Crippen molar-refractivity contribution in [3.8, 4) is 5.75 Å². The number of hydrogen-bond acceptors (Lipinski definition) is 1. The van der Waals surface area contributed by atoms with E-state index in [0.717, 1.165) is 30.3 Å². The standard InChI is InChI=1S/C12H15BrF2O/c1-2-3-9(7-13)8-16-10-4-5-11(14)12(15)6-10/h4-6,9H,2-3,7-8H2,1H3. The minimum atomic E-state index is -0.872. The minimum Gasteiger partial charge on any atom is -0.493 e. The van der Waals surface area contributed by atoms with Crippen molar-refractivity contribution in [1.82, 2.24) is 0 Å².